The summed E-state index contributed by atoms with van der Waals surface area (Å²) in [7, 11) is 0. The molecule has 0 bridgehead atoms. The van der Waals surface area contributed by atoms with Gasteiger partial charge in [0.25, 0.3) is 0 Å². The van der Waals surface area contributed by atoms with Crippen LogP contribution in [0.4, 0.5) is 0 Å². The first-order chi connectivity index (χ1) is 8.48. The van der Waals surface area contributed by atoms with Gasteiger partial charge < -0.3 is 5.11 Å². The zero-order chi connectivity index (χ0) is 13.2. The highest BCUT2D eigenvalue weighted by Crippen LogP contribution is 2.39. The molecule has 100 valence electrons. The Balaban J connectivity index is 1.93. The van der Waals surface area contributed by atoms with Crippen molar-refractivity contribution in [1.29, 1.82) is 0 Å². The minimum Gasteiger partial charge on any atom is -0.392 e. The van der Waals surface area contributed by atoms with Crippen LogP contribution in [-0.2, 0) is 6.42 Å². The van der Waals surface area contributed by atoms with Crippen molar-refractivity contribution in [2.45, 2.75) is 52.1 Å². The summed E-state index contributed by atoms with van der Waals surface area (Å²) < 4.78 is 1.11. The molecule has 1 aliphatic carbocycles. The Morgan fingerprint density at radius 3 is 2.50 bits per heavy atom. The standard InChI is InChI=1S/C16H23BrO/c1-16(2)9-7-12(8-10-16)15(18)11-13-5-3-4-6-14(13)17/h3-6,12,15,18H,7-11H2,1-2H3. The van der Waals surface area contributed by atoms with E-state index in [-0.39, 0.29) is 6.10 Å². The summed E-state index contributed by atoms with van der Waals surface area (Å²) >= 11 is 3.56. The lowest BCUT2D eigenvalue weighted by Crippen LogP contribution is -2.30. The predicted octanol–water partition coefficient (Wildman–Crippen LogP) is 4.57. The lowest BCUT2D eigenvalue weighted by atomic mass is 9.71. The molecular formula is C16H23BrO. The molecule has 1 unspecified atom stereocenters. The predicted molar refractivity (Wildman–Crippen MR) is 79.6 cm³/mol. The van der Waals surface area contributed by atoms with Crippen LogP contribution < -0.4 is 0 Å². The van der Waals surface area contributed by atoms with Gasteiger partial charge in [-0.15, -0.1) is 0 Å². The van der Waals surface area contributed by atoms with Crippen LogP contribution >= 0.6 is 15.9 Å². The molecule has 1 fully saturated rings. The second kappa shape index (κ2) is 5.75. The van der Waals surface area contributed by atoms with E-state index < -0.39 is 0 Å². The van der Waals surface area contributed by atoms with E-state index in [4.69, 9.17) is 0 Å². The lowest BCUT2D eigenvalue weighted by molar-refractivity contribution is 0.0575. The fourth-order valence-electron chi connectivity index (χ4n) is 2.86. The Morgan fingerprint density at radius 2 is 1.89 bits per heavy atom. The van der Waals surface area contributed by atoms with E-state index in [1.165, 1.54) is 31.2 Å². The molecule has 0 amide bonds. The van der Waals surface area contributed by atoms with Crippen molar-refractivity contribution in [3.05, 3.63) is 34.3 Å². The summed E-state index contributed by atoms with van der Waals surface area (Å²) in [6.07, 6.45) is 5.39. The normalized spacial score (nSPS) is 21.8. The highest BCUT2D eigenvalue weighted by molar-refractivity contribution is 9.10. The molecule has 0 spiro atoms. The van der Waals surface area contributed by atoms with Gasteiger partial charge in [-0.2, -0.15) is 0 Å². The zero-order valence-corrected chi connectivity index (χ0v) is 12.9. The molecular weight excluding hydrogens is 288 g/mol. The number of halogens is 1. The van der Waals surface area contributed by atoms with Gasteiger partial charge in [0.05, 0.1) is 6.10 Å². The Labute approximate surface area is 119 Å². The molecule has 2 heteroatoms. The molecule has 18 heavy (non-hydrogen) atoms. The van der Waals surface area contributed by atoms with E-state index in [1.54, 1.807) is 0 Å². The Hall–Kier alpha value is -0.340. The van der Waals surface area contributed by atoms with Crippen molar-refractivity contribution in [1.82, 2.24) is 0 Å². The first-order valence-electron chi connectivity index (χ1n) is 6.89. The van der Waals surface area contributed by atoms with Gasteiger partial charge in [-0.25, -0.2) is 0 Å². The van der Waals surface area contributed by atoms with Gasteiger partial charge in [0.2, 0.25) is 0 Å². The largest absolute Gasteiger partial charge is 0.392 e. The number of rotatable bonds is 3. The molecule has 0 radical (unpaired) electrons. The van der Waals surface area contributed by atoms with Crippen LogP contribution in [0.15, 0.2) is 28.7 Å². The number of aliphatic hydroxyl groups excluding tert-OH is 1. The Morgan fingerprint density at radius 1 is 1.28 bits per heavy atom. The molecule has 2 rings (SSSR count). The van der Waals surface area contributed by atoms with Crippen LogP contribution in [0.3, 0.4) is 0 Å². The van der Waals surface area contributed by atoms with E-state index >= 15 is 0 Å². The van der Waals surface area contributed by atoms with Gasteiger partial charge in [-0.05, 0) is 55.1 Å². The van der Waals surface area contributed by atoms with E-state index in [0.29, 0.717) is 11.3 Å². The Bertz CT molecular complexity index is 390. The summed E-state index contributed by atoms with van der Waals surface area (Å²) in [5, 5.41) is 10.4. The van der Waals surface area contributed by atoms with E-state index in [0.717, 1.165) is 10.9 Å². The molecule has 1 saturated carbocycles. The van der Waals surface area contributed by atoms with Crippen LogP contribution in [0.1, 0.15) is 45.1 Å². The first-order valence-corrected chi connectivity index (χ1v) is 7.69. The number of hydrogen-bond donors (Lipinski definition) is 1. The highest BCUT2D eigenvalue weighted by Gasteiger charge is 2.30. The molecule has 1 aromatic carbocycles. The first kappa shape index (κ1) is 14.1. The third-order valence-corrected chi connectivity index (χ3v) is 5.09. The Kier molecular flexibility index (Phi) is 4.50. The lowest BCUT2D eigenvalue weighted by Gasteiger charge is -2.36. The summed E-state index contributed by atoms with van der Waals surface area (Å²) in [5.74, 6) is 0.477. The molecule has 1 nitrogen and oxygen atoms in total. The topological polar surface area (TPSA) is 20.2 Å². The average Bonchev–Trinajstić information content (AvgIpc) is 2.32. The fourth-order valence-corrected chi connectivity index (χ4v) is 3.31. The fraction of sp³-hybridized carbons (Fsp3) is 0.625. The maximum atomic E-state index is 10.4. The smallest absolute Gasteiger partial charge is 0.0609 e. The molecule has 1 aliphatic rings. The quantitative estimate of drug-likeness (QED) is 0.867. The average molecular weight is 311 g/mol. The summed E-state index contributed by atoms with van der Waals surface area (Å²) in [4.78, 5) is 0. The molecule has 1 N–H and O–H groups in total. The van der Waals surface area contributed by atoms with Gasteiger partial charge in [0, 0.05) is 4.47 Å². The van der Waals surface area contributed by atoms with Gasteiger partial charge >= 0.3 is 0 Å². The highest BCUT2D eigenvalue weighted by atomic mass is 79.9. The van der Waals surface area contributed by atoms with Crippen LogP contribution in [0.25, 0.3) is 0 Å². The SMILES string of the molecule is CC1(C)CCC(C(O)Cc2ccccc2Br)CC1. The molecule has 1 aromatic rings. The minimum atomic E-state index is -0.195. The van der Waals surface area contributed by atoms with Crippen molar-refractivity contribution in [2.75, 3.05) is 0 Å². The molecule has 0 heterocycles. The van der Waals surface area contributed by atoms with Crippen molar-refractivity contribution in [2.24, 2.45) is 11.3 Å². The monoisotopic (exact) mass is 310 g/mol. The van der Waals surface area contributed by atoms with Crippen LogP contribution in [0.5, 0.6) is 0 Å². The van der Waals surface area contributed by atoms with Gasteiger partial charge in [-0.1, -0.05) is 48.0 Å². The van der Waals surface area contributed by atoms with Gasteiger partial charge in [0.15, 0.2) is 0 Å². The van der Waals surface area contributed by atoms with Crippen molar-refractivity contribution < 1.29 is 5.11 Å². The van der Waals surface area contributed by atoms with Crippen LogP contribution in [0.2, 0.25) is 0 Å². The maximum Gasteiger partial charge on any atom is 0.0609 e. The van der Waals surface area contributed by atoms with Gasteiger partial charge in [0.1, 0.15) is 0 Å². The van der Waals surface area contributed by atoms with Crippen molar-refractivity contribution in [3.8, 4) is 0 Å². The van der Waals surface area contributed by atoms with E-state index in [9.17, 15) is 5.11 Å². The number of benzene rings is 1. The summed E-state index contributed by atoms with van der Waals surface area (Å²) in [5.41, 5.74) is 1.69. The minimum absolute atomic E-state index is 0.195. The molecule has 0 aliphatic heterocycles. The van der Waals surface area contributed by atoms with Crippen molar-refractivity contribution >= 4 is 15.9 Å². The number of aliphatic hydroxyl groups is 1. The van der Waals surface area contributed by atoms with Crippen molar-refractivity contribution in [3.63, 3.8) is 0 Å². The second-order valence-corrected chi connectivity index (χ2v) is 7.22. The van der Waals surface area contributed by atoms with Crippen LogP contribution in [-0.4, -0.2) is 11.2 Å². The summed E-state index contributed by atoms with van der Waals surface area (Å²) in [6.45, 7) is 4.67. The molecule has 1 atom stereocenters. The third-order valence-electron chi connectivity index (χ3n) is 4.31. The third kappa shape index (κ3) is 3.58. The molecule has 0 aromatic heterocycles. The maximum absolute atomic E-state index is 10.4. The van der Waals surface area contributed by atoms with Gasteiger partial charge in [-0.3, -0.25) is 0 Å². The number of hydrogen-bond acceptors (Lipinski definition) is 1. The zero-order valence-electron chi connectivity index (χ0n) is 11.3. The van der Waals surface area contributed by atoms with E-state index in [2.05, 4.69) is 35.8 Å². The summed E-state index contributed by atoms with van der Waals surface area (Å²) in [6, 6.07) is 8.20. The molecule has 0 saturated heterocycles. The second-order valence-electron chi connectivity index (χ2n) is 6.36. The van der Waals surface area contributed by atoms with Crippen LogP contribution in [0, 0.1) is 11.3 Å². The van der Waals surface area contributed by atoms with E-state index in [1.807, 2.05) is 18.2 Å².